The van der Waals surface area contributed by atoms with Gasteiger partial charge in [-0.15, -0.1) is 0 Å². The molecule has 0 bridgehead atoms. The summed E-state index contributed by atoms with van der Waals surface area (Å²) in [6.07, 6.45) is 0.134. The molecular weight excluding hydrogens is 324 g/mol. The van der Waals surface area contributed by atoms with Gasteiger partial charge in [-0.05, 0) is 24.1 Å². The number of hydrogen-bond donors (Lipinski definition) is 0. The first kappa shape index (κ1) is 14.1. The molecule has 0 radical (unpaired) electrons. The third kappa shape index (κ3) is 3.15. The predicted molar refractivity (Wildman–Crippen MR) is 68.1 cm³/mol. The van der Waals surface area contributed by atoms with Crippen molar-refractivity contribution in [3.05, 3.63) is 70.8 Å². The Kier molecular flexibility index (Phi) is 4.24. The molecule has 0 nitrogen and oxygen atoms in total. The zero-order chi connectivity index (χ0) is 14.0. The average molecular weight is 333 g/mol. The molecule has 0 aromatic heterocycles. The first-order valence-corrected chi connectivity index (χ1v) is 6.42. The van der Waals surface area contributed by atoms with Gasteiger partial charge < -0.3 is 0 Å². The molecule has 2 aromatic carbocycles. The van der Waals surface area contributed by atoms with E-state index in [0.717, 1.165) is 6.07 Å². The van der Waals surface area contributed by atoms with Crippen LogP contribution in [0.2, 0.25) is 0 Å². The molecule has 0 saturated carbocycles. The SMILES string of the molecule is Fc1cc(F)c(C(Br)Cc2ccccc2F)cc1F. The summed E-state index contributed by atoms with van der Waals surface area (Å²) in [5.74, 6) is -3.66. The van der Waals surface area contributed by atoms with Gasteiger partial charge in [0.05, 0.1) is 0 Å². The smallest absolute Gasteiger partial charge is 0.161 e. The van der Waals surface area contributed by atoms with Crippen molar-refractivity contribution >= 4 is 15.9 Å². The van der Waals surface area contributed by atoms with E-state index in [-0.39, 0.29) is 12.0 Å². The van der Waals surface area contributed by atoms with Crippen LogP contribution in [0.15, 0.2) is 36.4 Å². The second-order valence-corrected chi connectivity index (χ2v) is 5.16. The third-order valence-electron chi connectivity index (χ3n) is 2.73. The van der Waals surface area contributed by atoms with Gasteiger partial charge in [0.1, 0.15) is 11.6 Å². The Morgan fingerprint density at radius 2 is 1.47 bits per heavy atom. The maximum absolute atomic E-state index is 13.6. The van der Waals surface area contributed by atoms with Crippen LogP contribution in [0, 0.1) is 23.3 Å². The first-order chi connectivity index (χ1) is 8.99. The van der Waals surface area contributed by atoms with Crippen molar-refractivity contribution in [2.75, 3.05) is 0 Å². The van der Waals surface area contributed by atoms with Crippen LogP contribution in [-0.4, -0.2) is 0 Å². The molecule has 0 aliphatic heterocycles. The lowest BCUT2D eigenvalue weighted by atomic mass is 10.0. The van der Waals surface area contributed by atoms with Crippen LogP contribution in [0.25, 0.3) is 0 Å². The highest BCUT2D eigenvalue weighted by molar-refractivity contribution is 9.09. The summed E-state index contributed by atoms with van der Waals surface area (Å²) in [5, 5.41) is 0. The Balaban J connectivity index is 2.28. The first-order valence-electron chi connectivity index (χ1n) is 5.51. The Hall–Kier alpha value is -1.36. The van der Waals surface area contributed by atoms with Crippen LogP contribution in [-0.2, 0) is 6.42 Å². The zero-order valence-electron chi connectivity index (χ0n) is 9.64. The van der Waals surface area contributed by atoms with Crippen LogP contribution in [0.4, 0.5) is 17.6 Å². The molecule has 0 N–H and O–H groups in total. The molecule has 1 unspecified atom stereocenters. The van der Waals surface area contributed by atoms with Gasteiger partial charge >= 0.3 is 0 Å². The summed E-state index contributed by atoms with van der Waals surface area (Å²) in [7, 11) is 0. The molecule has 100 valence electrons. The lowest BCUT2D eigenvalue weighted by Gasteiger charge is -2.12. The van der Waals surface area contributed by atoms with Crippen molar-refractivity contribution in [3.8, 4) is 0 Å². The lowest BCUT2D eigenvalue weighted by Crippen LogP contribution is -2.02. The van der Waals surface area contributed by atoms with Gasteiger partial charge in [-0.1, -0.05) is 34.1 Å². The highest BCUT2D eigenvalue weighted by Gasteiger charge is 2.18. The van der Waals surface area contributed by atoms with E-state index in [1.807, 2.05) is 0 Å². The fourth-order valence-electron chi connectivity index (χ4n) is 1.74. The Morgan fingerprint density at radius 3 is 2.16 bits per heavy atom. The van der Waals surface area contributed by atoms with Crippen LogP contribution in [0.5, 0.6) is 0 Å². The number of alkyl halides is 1. The van der Waals surface area contributed by atoms with Crippen LogP contribution in [0.3, 0.4) is 0 Å². The fourth-order valence-corrected chi connectivity index (χ4v) is 2.44. The summed E-state index contributed by atoms with van der Waals surface area (Å²) >= 11 is 3.17. The van der Waals surface area contributed by atoms with Crippen LogP contribution in [0.1, 0.15) is 16.0 Å². The van der Waals surface area contributed by atoms with E-state index in [9.17, 15) is 17.6 Å². The maximum Gasteiger partial charge on any atom is 0.161 e. The highest BCUT2D eigenvalue weighted by atomic mass is 79.9. The normalized spacial score (nSPS) is 12.5. The van der Waals surface area contributed by atoms with Crippen molar-refractivity contribution in [2.24, 2.45) is 0 Å². The standard InChI is InChI=1S/C14H9BrF4/c15-10(5-8-3-1-2-4-11(8)16)9-6-13(18)14(19)7-12(9)17/h1-4,6-7,10H,5H2. The van der Waals surface area contributed by atoms with Gasteiger partial charge in [0.2, 0.25) is 0 Å². The predicted octanol–water partition coefficient (Wildman–Crippen LogP) is 4.92. The van der Waals surface area contributed by atoms with E-state index in [0.29, 0.717) is 11.6 Å². The van der Waals surface area contributed by atoms with Gasteiger partial charge in [0.25, 0.3) is 0 Å². The quantitative estimate of drug-likeness (QED) is 0.425. The average Bonchev–Trinajstić information content (AvgIpc) is 2.36. The zero-order valence-corrected chi connectivity index (χ0v) is 11.2. The molecule has 0 spiro atoms. The minimum Gasteiger partial charge on any atom is -0.207 e. The maximum atomic E-state index is 13.6. The van der Waals surface area contributed by atoms with Gasteiger partial charge in [-0.25, -0.2) is 17.6 Å². The van der Waals surface area contributed by atoms with Crippen molar-refractivity contribution in [1.82, 2.24) is 0 Å². The molecule has 0 aliphatic carbocycles. The molecule has 0 aliphatic rings. The molecule has 0 saturated heterocycles. The van der Waals surface area contributed by atoms with E-state index in [2.05, 4.69) is 15.9 Å². The minimum absolute atomic E-state index is 0.0397. The Bertz CT molecular complexity index is 598. The number of halogens is 5. The number of benzene rings is 2. The van der Waals surface area contributed by atoms with E-state index in [1.54, 1.807) is 18.2 Å². The molecule has 2 aromatic rings. The van der Waals surface area contributed by atoms with Gasteiger partial charge in [0, 0.05) is 16.5 Å². The summed E-state index contributed by atoms with van der Waals surface area (Å²) in [6.45, 7) is 0. The molecule has 19 heavy (non-hydrogen) atoms. The molecule has 0 amide bonds. The molecule has 1 atom stereocenters. The van der Waals surface area contributed by atoms with E-state index >= 15 is 0 Å². The summed E-state index contributed by atoms with van der Waals surface area (Å²) < 4.78 is 52.9. The van der Waals surface area contributed by atoms with Crippen molar-refractivity contribution in [3.63, 3.8) is 0 Å². The number of rotatable bonds is 3. The Morgan fingerprint density at radius 1 is 0.842 bits per heavy atom. The van der Waals surface area contributed by atoms with E-state index < -0.39 is 28.1 Å². The van der Waals surface area contributed by atoms with E-state index in [1.165, 1.54) is 6.07 Å². The van der Waals surface area contributed by atoms with Crippen molar-refractivity contribution < 1.29 is 17.6 Å². The fraction of sp³-hybridized carbons (Fsp3) is 0.143. The highest BCUT2D eigenvalue weighted by Crippen LogP contribution is 2.31. The van der Waals surface area contributed by atoms with Crippen LogP contribution < -0.4 is 0 Å². The summed E-state index contributed by atoms with van der Waals surface area (Å²) in [6, 6.07) is 7.31. The minimum atomic E-state index is -1.24. The molecular formula is C14H9BrF4. The largest absolute Gasteiger partial charge is 0.207 e. The number of hydrogen-bond acceptors (Lipinski definition) is 0. The topological polar surface area (TPSA) is 0 Å². The van der Waals surface area contributed by atoms with Crippen molar-refractivity contribution in [1.29, 1.82) is 0 Å². The molecule has 2 rings (SSSR count). The molecule has 5 heteroatoms. The van der Waals surface area contributed by atoms with Gasteiger partial charge in [0.15, 0.2) is 11.6 Å². The lowest BCUT2D eigenvalue weighted by molar-refractivity contribution is 0.489. The van der Waals surface area contributed by atoms with Crippen molar-refractivity contribution in [2.45, 2.75) is 11.2 Å². The third-order valence-corrected chi connectivity index (χ3v) is 3.55. The van der Waals surface area contributed by atoms with E-state index in [4.69, 9.17) is 0 Å². The van der Waals surface area contributed by atoms with Gasteiger partial charge in [-0.2, -0.15) is 0 Å². The second-order valence-electron chi connectivity index (χ2n) is 4.05. The monoisotopic (exact) mass is 332 g/mol. The summed E-state index contributed by atoms with van der Waals surface area (Å²) in [4.78, 5) is -0.639. The molecule has 0 fully saturated rings. The Labute approximate surface area is 116 Å². The van der Waals surface area contributed by atoms with Crippen LogP contribution >= 0.6 is 15.9 Å². The van der Waals surface area contributed by atoms with Gasteiger partial charge in [-0.3, -0.25) is 0 Å². The summed E-state index contributed by atoms with van der Waals surface area (Å²) in [5.41, 5.74) is 0.329. The second kappa shape index (κ2) is 5.74. The molecule has 0 heterocycles.